The van der Waals surface area contributed by atoms with Crippen LogP contribution >= 0.6 is 141 Å². The molecule has 0 saturated carbocycles. The van der Waals surface area contributed by atoms with Gasteiger partial charge in [-0.3, -0.25) is 0 Å². The Hall–Kier alpha value is -3.87. The van der Waals surface area contributed by atoms with Gasteiger partial charge in [0, 0.05) is 71.8 Å². The minimum Gasteiger partial charge on any atom is -0.488 e. The molecule has 0 atom stereocenters. The second kappa shape index (κ2) is 23.8. The van der Waals surface area contributed by atoms with Crippen LogP contribution in [0, 0.1) is 11.3 Å². The summed E-state index contributed by atoms with van der Waals surface area (Å²) in [6.45, 7) is 3.62. The smallest absolute Gasteiger partial charge is 0.128 e. The molecule has 8 aromatic rings. The fraction of sp³-hybridized carbons (Fsp3) is 0.145. The third-order valence-corrected chi connectivity index (χ3v) is 31.4. The van der Waals surface area contributed by atoms with Crippen LogP contribution in [-0.2, 0) is 0 Å². The quantitative estimate of drug-likeness (QED) is 0.145. The normalized spacial score (nSPS) is 18.5. The van der Waals surface area contributed by atoms with Gasteiger partial charge in [-0.2, -0.15) is 5.26 Å². The van der Waals surface area contributed by atoms with Crippen molar-refractivity contribution in [2.75, 3.05) is 49.4 Å². The second-order valence-corrected chi connectivity index (χ2v) is 33.2. The first-order chi connectivity index (χ1) is 39.0. The Bertz CT molecular complexity index is 3600. The molecule has 0 radical (unpaired) electrons. The summed E-state index contributed by atoms with van der Waals surface area (Å²) in [6.07, 6.45) is 0. The summed E-state index contributed by atoms with van der Waals surface area (Å²) >= 11 is 23.3. The van der Waals surface area contributed by atoms with Gasteiger partial charge < -0.3 is 18.9 Å². The van der Waals surface area contributed by atoms with E-state index >= 15 is 0 Å². The van der Waals surface area contributed by atoms with E-state index in [0.717, 1.165) is 45.3 Å². The maximum absolute atomic E-state index is 7.32. The first-order valence-corrected chi connectivity index (χ1v) is 35.8. The van der Waals surface area contributed by atoms with Crippen molar-refractivity contribution in [1.82, 2.24) is 0 Å². The third-order valence-electron chi connectivity index (χ3n) is 13.5. The van der Waals surface area contributed by atoms with Gasteiger partial charge in [-0.15, -0.1) is 47.0 Å². The van der Waals surface area contributed by atoms with E-state index in [1.165, 1.54) is 127 Å². The van der Waals surface area contributed by atoms with Gasteiger partial charge in [-0.1, -0.05) is 215 Å². The van der Waals surface area contributed by atoms with E-state index in [1.54, 1.807) is 6.07 Å². The number of rotatable bonds is 0. The summed E-state index contributed by atoms with van der Waals surface area (Å²) in [7, 11) is 0. The molecule has 0 spiro atoms. The van der Waals surface area contributed by atoms with Crippen molar-refractivity contribution in [1.29, 1.82) is 5.26 Å². The highest BCUT2D eigenvalue weighted by Gasteiger charge is 2.35. The zero-order valence-electron chi connectivity index (χ0n) is 42.0. The van der Waals surface area contributed by atoms with Gasteiger partial charge >= 0.3 is 0 Å². The maximum Gasteiger partial charge on any atom is 0.128 e. The number of hydrogen-bond donors (Lipinski definition) is 0. The number of hydrogen-bond acceptors (Lipinski definition) is 17. The molecular weight excluding hydrogens is 1210 g/mol. The molecule has 0 aliphatic carbocycles. The molecule has 0 N–H and O–H groups in total. The first kappa shape index (κ1) is 53.2. The predicted molar refractivity (Wildman–Crippen MR) is 360 cm³/mol. The lowest BCUT2D eigenvalue weighted by Gasteiger charge is -2.21. The van der Waals surface area contributed by atoms with Crippen LogP contribution in [0.4, 0.5) is 0 Å². The molecule has 79 heavy (non-hydrogen) atoms. The number of nitrogens with zero attached hydrogens (tertiary/aromatic N) is 1. The summed E-state index contributed by atoms with van der Waals surface area (Å²) in [5, 5.41) is 16.9. The van der Waals surface area contributed by atoms with Gasteiger partial charge in [0.2, 0.25) is 0 Å². The van der Waals surface area contributed by atoms with Crippen LogP contribution in [-0.4, -0.2) is 49.4 Å². The van der Waals surface area contributed by atoms with E-state index in [0.29, 0.717) is 26.4 Å². The van der Waals surface area contributed by atoms with Crippen LogP contribution < -0.4 is 18.9 Å². The summed E-state index contributed by atoms with van der Waals surface area (Å²) in [5.74, 6) is 8.44. The predicted octanol–water partition coefficient (Wildman–Crippen LogP) is 21.2. The zero-order valence-corrected chi connectivity index (χ0v) is 51.8. The van der Waals surface area contributed by atoms with Crippen molar-refractivity contribution in [2.24, 2.45) is 0 Å². The number of benzene rings is 8. The van der Waals surface area contributed by atoms with E-state index in [1.807, 2.05) is 141 Å². The summed E-state index contributed by atoms with van der Waals surface area (Å²) in [6, 6.07) is 53.2. The summed E-state index contributed by atoms with van der Waals surface area (Å²) in [5.41, 5.74) is 4.45. The highest BCUT2D eigenvalue weighted by Crippen LogP contribution is 2.67. The minimum absolute atomic E-state index is 0.546. The van der Waals surface area contributed by atoms with E-state index in [9.17, 15) is 0 Å². The van der Waals surface area contributed by atoms with Crippen molar-refractivity contribution in [2.45, 2.75) is 6.92 Å². The Morgan fingerprint density at radius 3 is 0.785 bits per heavy atom. The summed E-state index contributed by atoms with van der Waals surface area (Å²) in [4.78, 5) is 5.03. The molecule has 0 unspecified atom stereocenters. The molecule has 0 aromatic heterocycles. The highest BCUT2D eigenvalue weighted by atomic mass is 32.3. The van der Waals surface area contributed by atoms with Crippen LogP contribution in [0.2, 0.25) is 0 Å². The fourth-order valence-electron chi connectivity index (χ4n) is 10.0. The average molecular weight is 1250 g/mol. The maximum atomic E-state index is 7.32. The number of nitriles is 1. The lowest BCUT2D eigenvalue weighted by Crippen LogP contribution is -2.08. The van der Waals surface area contributed by atoms with Crippen molar-refractivity contribution < 1.29 is 18.9 Å². The number of thioether (sulfide) groups is 12. The summed E-state index contributed by atoms with van der Waals surface area (Å²) < 4.78 is 38.3. The van der Waals surface area contributed by atoms with Gasteiger partial charge in [0.15, 0.2) is 0 Å². The molecule has 0 fully saturated rings. The van der Waals surface area contributed by atoms with Crippen LogP contribution in [0.15, 0.2) is 199 Å². The Morgan fingerprint density at radius 2 is 0.532 bits per heavy atom. The fourth-order valence-corrected chi connectivity index (χ4v) is 27.7. The Balaban J connectivity index is 0.000000136. The van der Waals surface area contributed by atoms with Gasteiger partial charge in [-0.25, -0.2) is 0 Å². The van der Waals surface area contributed by atoms with Crippen molar-refractivity contribution >= 4 is 184 Å². The molecule has 392 valence electrons. The molecule has 8 aromatic carbocycles. The Labute approximate surface area is 510 Å². The average Bonchev–Trinajstić information content (AvgIpc) is 4.39. The first-order valence-electron chi connectivity index (χ1n) is 25.3. The molecule has 8 heterocycles. The number of ether oxygens (including phenoxy) is 4. The molecule has 0 amide bonds. The van der Waals surface area contributed by atoms with Crippen molar-refractivity contribution in [3.8, 4) is 51.3 Å². The van der Waals surface area contributed by atoms with Gasteiger partial charge in [-0.05, 0) is 67.4 Å². The highest BCUT2D eigenvalue weighted by molar-refractivity contribution is 8.44. The topological polar surface area (TPSA) is 60.7 Å². The molecule has 5 nitrogen and oxygen atoms in total. The Morgan fingerprint density at radius 1 is 0.304 bits per heavy atom. The minimum atomic E-state index is 0.546. The van der Waals surface area contributed by atoms with Crippen molar-refractivity contribution in [3.05, 3.63) is 199 Å². The molecular formula is C62H43NO4S12. The molecule has 16 rings (SSSR count). The van der Waals surface area contributed by atoms with E-state index in [4.69, 9.17) is 24.2 Å². The number of fused-ring (bicyclic) bond motifs is 14. The molecule has 17 heteroatoms. The molecule has 0 bridgehead atoms. The van der Waals surface area contributed by atoms with E-state index in [2.05, 4.69) is 146 Å². The van der Waals surface area contributed by atoms with E-state index < -0.39 is 0 Å². The van der Waals surface area contributed by atoms with E-state index in [-0.39, 0.29) is 0 Å². The zero-order chi connectivity index (χ0) is 52.8. The van der Waals surface area contributed by atoms with Crippen molar-refractivity contribution in [3.63, 3.8) is 0 Å². The molecule has 8 aliphatic rings. The van der Waals surface area contributed by atoms with Crippen LogP contribution in [0.25, 0.3) is 65.3 Å². The van der Waals surface area contributed by atoms with Gasteiger partial charge in [0.05, 0.1) is 40.0 Å². The third kappa shape index (κ3) is 10.7. The van der Waals surface area contributed by atoms with Gasteiger partial charge in [0.25, 0.3) is 0 Å². The largest absolute Gasteiger partial charge is 0.488 e. The van der Waals surface area contributed by atoms with Crippen LogP contribution in [0.1, 0.15) is 6.92 Å². The monoisotopic (exact) mass is 1250 g/mol. The SMILES string of the molecule is CC#N.c1ccc2c3c(ccc2c1)OCC1=C(COc2ccc4ccccc4c2-3)SC(=C2SC3=C(SCCS3)S2)S1.c1ccc2c3c(ccc2c1)OCC1=C(COc2ccc4ccccc4c2-3)SC(=C2SC3=C(SCCS3)S2)S1. The second-order valence-electron chi connectivity index (χ2n) is 18.2. The van der Waals surface area contributed by atoms with Crippen LogP contribution in [0.5, 0.6) is 23.0 Å². The lowest BCUT2D eigenvalue weighted by atomic mass is 9.92. The van der Waals surface area contributed by atoms with Crippen LogP contribution in [0.3, 0.4) is 0 Å². The Kier molecular flexibility index (Phi) is 16.0. The van der Waals surface area contributed by atoms with Gasteiger partial charge in [0.1, 0.15) is 49.4 Å². The molecule has 8 aliphatic heterocycles. The molecule has 0 saturated heterocycles. The lowest BCUT2D eigenvalue weighted by molar-refractivity contribution is 0.343. The standard InChI is InChI=1S/2C30H20O2S6.C2H3N/c2*1-3-7-19-17(5-1)9-11-21-25(19)26-20-8-4-2-6-18(20)10-12-22(26)32-16-24-23(15-31-21)35-29(36-24)30-37-27-28(38-30)34-14-13-33-27;1-2-3/h2*1-12H,13-16H2;1H3.